The van der Waals surface area contributed by atoms with Gasteiger partial charge in [0.05, 0.1) is 0 Å². The first-order valence-corrected chi connectivity index (χ1v) is 5.86. The Labute approximate surface area is 94.2 Å². The van der Waals surface area contributed by atoms with Crippen LogP contribution in [0.15, 0.2) is 12.7 Å². The average Bonchev–Trinajstić information content (AvgIpc) is 2.18. The maximum Gasteiger partial charge on any atom is 0.459 e. The molecule has 0 radical (unpaired) electrons. The molecule has 86 valence electrons. The zero-order valence-corrected chi connectivity index (χ0v) is 10.5. The molecule has 0 atom stereocenters. The fourth-order valence-corrected chi connectivity index (χ4v) is 1.95. The minimum Gasteiger partial charge on any atom is -0.410 e. The summed E-state index contributed by atoms with van der Waals surface area (Å²) in [6.07, 6.45) is 2.94. The van der Waals surface area contributed by atoms with Crippen LogP contribution in [0.5, 0.6) is 0 Å². The van der Waals surface area contributed by atoms with Crippen LogP contribution < -0.4 is 0 Å². The second-order valence-corrected chi connectivity index (χ2v) is 5.24. The van der Waals surface area contributed by atoms with E-state index in [9.17, 15) is 0 Å². The van der Waals surface area contributed by atoms with Gasteiger partial charge in [-0.25, -0.2) is 0 Å². The largest absolute Gasteiger partial charge is 0.459 e. The number of hydrogen-bond acceptors (Lipinski definition) is 2. The Balaban J connectivity index is 2.61. The van der Waals surface area contributed by atoms with Gasteiger partial charge in [-0.3, -0.25) is 0 Å². The first-order valence-electron chi connectivity index (χ1n) is 5.86. The summed E-state index contributed by atoms with van der Waals surface area (Å²) >= 11 is 0. The maximum absolute atomic E-state index is 5.80. The normalized spacial score (nSPS) is 21.1. The molecule has 2 nitrogen and oxygen atoms in total. The molecule has 0 aromatic heterocycles. The summed E-state index contributed by atoms with van der Waals surface area (Å²) < 4.78 is 11.6. The fourth-order valence-electron chi connectivity index (χ4n) is 1.95. The molecule has 15 heavy (non-hydrogen) atoms. The van der Waals surface area contributed by atoms with Crippen LogP contribution in [-0.4, -0.2) is 20.3 Å². The van der Waals surface area contributed by atoms with Crippen LogP contribution in [0.2, 0.25) is 5.82 Å². The quantitative estimate of drug-likeness (QED) is 0.524. The molecule has 0 unspecified atom stereocenters. The second kappa shape index (κ2) is 5.17. The lowest BCUT2D eigenvalue weighted by Crippen LogP contribution is -2.47. The monoisotopic (exact) mass is 210 g/mol. The van der Waals surface area contributed by atoms with Crippen molar-refractivity contribution in [2.24, 2.45) is 11.3 Å². The zero-order chi connectivity index (χ0) is 11.5. The van der Waals surface area contributed by atoms with E-state index in [1.165, 1.54) is 0 Å². The molecule has 0 saturated carbocycles. The number of allylic oxidation sites excluding steroid dienone is 1. The summed E-state index contributed by atoms with van der Waals surface area (Å²) in [5.74, 6) is 0.988. The Morgan fingerprint density at radius 2 is 1.80 bits per heavy atom. The molecular weight excluding hydrogens is 187 g/mol. The van der Waals surface area contributed by atoms with Crippen LogP contribution in [0.4, 0.5) is 0 Å². The van der Waals surface area contributed by atoms with Gasteiger partial charge in [0, 0.05) is 18.6 Å². The summed E-state index contributed by atoms with van der Waals surface area (Å²) in [6.45, 7) is 14.1. The Hall–Kier alpha value is -0.275. The van der Waals surface area contributed by atoms with E-state index in [0.29, 0.717) is 11.7 Å². The molecule has 0 aromatic rings. The lowest BCUT2D eigenvalue weighted by atomic mass is 9.68. The van der Waals surface area contributed by atoms with Crippen molar-refractivity contribution in [2.45, 2.75) is 39.9 Å². The zero-order valence-electron chi connectivity index (χ0n) is 10.5. The van der Waals surface area contributed by atoms with E-state index in [1.54, 1.807) is 0 Å². The van der Waals surface area contributed by atoms with Crippen LogP contribution in [0, 0.1) is 11.3 Å². The van der Waals surface area contributed by atoms with Crippen molar-refractivity contribution < 1.29 is 9.31 Å². The van der Waals surface area contributed by atoms with Gasteiger partial charge in [0.2, 0.25) is 0 Å². The number of rotatable bonds is 4. The molecule has 1 heterocycles. The third-order valence-corrected chi connectivity index (χ3v) is 3.39. The third kappa shape index (κ3) is 2.85. The van der Waals surface area contributed by atoms with E-state index in [-0.39, 0.29) is 12.5 Å². The Morgan fingerprint density at radius 3 is 2.13 bits per heavy atom. The van der Waals surface area contributed by atoms with Gasteiger partial charge < -0.3 is 9.31 Å². The Morgan fingerprint density at radius 1 is 1.27 bits per heavy atom. The molecule has 1 saturated heterocycles. The second-order valence-electron chi connectivity index (χ2n) is 5.24. The van der Waals surface area contributed by atoms with Crippen LogP contribution in [0.1, 0.15) is 34.1 Å². The molecule has 0 spiro atoms. The van der Waals surface area contributed by atoms with Crippen molar-refractivity contribution in [3.8, 4) is 0 Å². The standard InChI is InChI=1S/C12H23BO2/c1-6-7-12(10(2)3)8-14-13(11(4)5)15-9-12/h6,10-11H,1,7-9H2,2-5H3. The topological polar surface area (TPSA) is 18.5 Å². The van der Waals surface area contributed by atoms with E-state index in [2.05, 4.69) is 34.3 Å². The highest BCUT2D eigenvalue weighted by Gasteiger charge is 2.41. The molecule has 0 amide bonds. The highest BCUT2D eigenvalue weighted by molar-refractivity contribution is 6.46. The van der Waals surface area contributed by atoms with Gasteiger partial charge in [-0.2, -0.15) is 0 Å². The minimum atomic E-state index is -0.0262. The van der Waals surface area contributed by atoms with Gasteiger partial charge >= 0.3 is 7.12 Å². The van der Waals surface area contributed by atoms with Crippen molar-refractivity contribution >= 4 is 7.12 Å². The third-order valence-electron chi connectivity index (χ3n) is 3.39. The molecule has 0 N–H and O–H groups in total. The minimum absolute atomic E-state index is 0.0262. The average molecular weight is 210 g/mol. The van der Waals surface area contributed by atoms with Gasteiger partial charge in [-0.05, 0) is 18.2 Å². The van der Waals surface area contributed by atoms with Crippen LogP contribution in [-0.2, 0) is 9.31 Å². The first kappa shape index (κ1) is 12.8. The van der Waals surface area contributed by atoms with E-state index in [1.807, 2.05) is 6.08 Å². The van der Waals surface area contributed by atoms with Gasteiger partial charge in [0.15, 0.2) is 0 Å². The highest BCUT2D eigenvalue weighted by Crippen LogP contribution is 2.37. The molecular formula is C12H23BO2. The predicted octanol–water partition coefficient (Wildman–Crippen LogP) is 3.15. The molecule has 1 fully saturated rings. The van der Waals surface area contributed by atoms with E-state index in [4.69, 9.17) is 9.31 Å². The lowest BCUT2D eigenvalue weighted by molar-refractivity contribution is -0.0260. The highest BCUT2D eigenvalue weighted by atomic mass is 16.6. The molecule has 1 aliphatic heterocycles. The smallest absolute Gasteiger partial charge is 0.410 e. The Kier molecular flexibility index (Phi) is 4.41. The van der Waals surface area contributed by atoms with Gasteiger partial charge in [0.25, 0.3) is 0 Å². The molecule has 1 aliphatic rings. The van der Waals surface area contributed by atoms with Crippen LogP contribution in [0.3, 0.4) is 0 Å². The van der Waals surface area contributed by atoms with E-state index >= 15 is 0 Å². The summed E-state index contributed by atoms with van der Waals surface area (Å²) in [7, 11) is -0.0262. The molecule has 1 rings (SSSR count). The molecule has 0 bridgehead atoms. The van der Waals surface area contributed by atoms with Crippen LogP contribution >= 0.6 is 0 Å². The fraction of sp³-hybridized carbons (Fsp3) is 0.833. The van der Waals surface area contributed by atoms with Crippen molar-refractivity contribution in [3.05, 3.63) is 12.7 Å². The summed E-state index contributed by atoms with van der Waals surface area (Å²) in [5, 5.41) is 0. The summed E-state index contributed by atoms with van der Waals surface area (Å²) in [4.78, 5) is 0. The summed E-state index contributed by atoms with van der Waals surface area (Å²) in [5.41, 5.74) is 0.132. The van der Waals surface area contributed by atoms with Gasteiger partial charge in [-0.15, -0.1) is 6.58 Å². The van der Waals surface area contributed by atoms with Gasteiger partial charge in [0.1, 0.15) is 0 Å². The van der Waals surface area contributed by atoms with Crippen molar-refractivity contribution in [2.75, 3.05) is 13.2 Å². The molecule has 0 aromatic carbocycles. The summed E-state index contributed by atoms with van der Waals surface area (Å²) in [6, 6.07) is 0. The van der Waals surface area contributed by atoms with Gasteiger partial charge in [-0.1, -0.05) is 33.8 Å². The number of hydrogen-bond donors (Lipinski definition) is 0. The SMILES string of the molecule is C=CCC1(C(C)C)COB(C(C)C)OC1. The maximum atomic E-state index is 5.80. The predicted molar refractivity (Wildman–Crippen MR) is 64.8 cm³/mol. The van der Waals surface area contributed by atoms with Crippen LogP contribution in [0.25, 0.3) is 0 Å². The molecule has 3 heteroatoms. The Bertz CT molecular complexity index is 206. The van der Waals surface area contributed by atoms with Crippen molar-refractivity contribution in [3.63, 3.8) is 0 Å². The van der Waals surface area contributed by atoms with E-state index in [0.717, 1.165) is 19.6 Å². The molecule has 0 aliphatic carbocycles. The van der Waals surface area contributed by atoms with E-state index < -0.39 is 0 Å². The first-order chi connectivity index (χ1) is 7.02. The van der Waals surface area contributed by atoms with Crippen molar-refractivity contribution in [1.82, 2.24) is 0 Å². The lowest BCUT2D eigenvalue weighted by Gasteiger charge is -2.42. The van der Waals surface area contributed by atoms with Crippen molar-refractivity contribution in [1.29, 1.82) is 0 Å².